The quantitative estimate of drug-likeness (QED) is 0.722. The molecular weight excluding hydrogens is 292 g/mol. The van der Waals surface area contributed by atoms with Gasteiger partial charge in [0.1, 0.15) is 12.4 Å². The van der Waals surface area contributed by atoms with E-state index in [1.807, 2.05) is 13.8 Å². The molecule has 1 amide bonds. The van der Waals surface area contributed by atoms with Gasteiger partial charge in [-0.25, -0.2) is 0 Å². The first-order chi connectivity index (χ1) is 9.52. The van der Waals surface area contributed by atoms with Gasteiger partial charge in [0.15, 0.2) is 0 Å². The highest BCUT2D eigenvalue weighted by atomic mass is 35.5. The molecule has 21 heavy (non-hydrogen) atoms. The number of nitrogens with one attached hydrogen (secondary N) is 1. The summed E-state index contributed by atoms with van der Waals surface area (Å²) in [6.07, 6.45) is 0.671. The third-order valence-electron chi connectivity index (χ3n) is 2.74. The van der Waals surface area contributed by atoms with E-state index in [9.17, 15) is 4.79 Å². The zero-order valence-corrected chi connectivity index (χ0v) is 13.6. The molecule has 1 rings (SSSR count). The van der Waals surface area contributed by atoms with Crippen molar-refractivity contribution in [3.05, 3.63) is 24.3 Å². The number of hydrogen-bond donors (Lipinski definition) is 2. The average Bonchev–Trinajstić information content (AvgIpc) is 2.40. The molecule has 1 aromatic carbocycles. The number of benzene rings is 1. The summed E-state index contributed by atoms with van der Waals surface area (Å²) >= 11 is 0. The molecule has 0 heterocycles. The van der Waals surface area contributed by atoms with E-state index >= 15 is 0 Å². The van der Waals surface area contributed by atoms with Crippen LogP contribution in [-0.2, 0) is 9.53 Å². The maximum Gasteiger partial charge on any atom is 0.241 e. The minimum atomic E-state index is -0.479. The van der Waals surface area contributed by atoms with Crippen LogP contribution in [0.15, 0.2) is 24.3 Å². The van der Waals surface area contributed by atoms with E-state index in [0.29, 0.717) is 31.2 Å². The van der Waals surface area contributed by atoms with Gasteiger partial charge in [-0.05, 0) is 36.6 Å². The van der Waals surface area contributed by atoms with Gasteiger partial charge < -0.3 is 20.5 Å². The lowest BCUT2D eigenvalue weighted by molar-refractivity contribution is -0.117. The Labute approximate surface area is 132 Å². The first-order valence-electron chi connectivity index (χ1n) is 6.81. The highest BCUT2D eigenvalue weighted by Crippen LogP contribution is 2.16. The summed E-state index contributed by atoms with van der Waals surface area (Å²) in [5.41, 5.74) is 6.54. The molecule has 0 fully saturated rings. The molecule has 3 N–H and O–H groups in total. The average molecular weight is 317 g/mol. The fourth-order valence-electron chi connectivity index (χ4n) is 1.73. The molecule has 0 aromatic heterocycles. The second-order valence-electron chi connectivity index (χ2n) is 5.09. The molecule has 0 saturated carbocycles. The van der Waals surface area contributed by atoms with Gasteiger partial charge in [-0.15, -0.1) is 12.4 Å². The Morgan fingerprint density at radius 1 is 1.24 bits per heavy atom. The number of halogens is 1. The zero-order valence-electron chi connectivity index (χ0n) is 12.8. The molecule has 0 aliphatic heterocycles. The third-order valence-corrected chi connectivity index (χ3v) is 2.74. The number of methoxy groups -OCH3 is 1. The van der Waals surface area contributed by atoms with Crippen LogP contribution in [0.1, 0.15) is 20.3 Å². The number of carbonyl (C=O) groups excluding carboxylic acids is 1. The predicted molar refractivity (Wildman–Crippen MR) is 87.1 cm³/mol. The summed E-state index contributed by atoms with van der Waals surface area (Å²) in [7, 11) is 1.63. The van der Waals surface area contributed by atoms with Crippen LogP contribution >= 0.6 is 12.4 Å². The number of ether oxygens (including phenoxy) is 2. The highest BCUT2D eigenvalue weighted by Gasteiger charge is 2.14. The molecule has 6 heteroatoms. The second kappa shape index (κ2) is 10.4. The smallest absolute Gasteiger partial charge is 0.241 e. The van der Waals surface area contributed by atoms with Crippen LogP contribution in [0.3, 0.4) is 0 Å². The van der Waals surface area contributed by atoms with Crippen molar-refractivity contribution in [2.24, 2.45) is 11.7 Å². The summed E-state index contributed by atoms with van der Waals surface area (Å²) in [6.45, 7) is 5.13. The van der Waals surface area contributed by atoms with Gasteiger partial charge in [-0.3, -0.25) is 4.79 Å². The van der Waals surface area contributed by atoms with Gasteiger partial charge in [-0.1, -0.05) is 13.8 Å². The normalized spacial score (nSPS) is 11.7. The van der Waals surface area contributed by atoms with E-state index in [1.54, 1.807) is 31.4 Å². The van der Waals surface area contributed by atoms with Gasteiger partial charge in [0.05, 0.1) is 12.6 Å². The number of anilines is 1. The molecule has 120 valence electrons. The second-order valence-corrected chi connectivity index (χ2v) is 5.09. The van der Waals surface area contributed by atoms with Crippen LogP contribution in [0.5, 0.6) is 5.75 Å². The Hall–Kier alpha value is -1.30. The van der Waals surface area contributed by atoms with Gasteiger partial charge in [-0.2, -0.15) is 0 Å². The Morgan fingerprint density at radius 3 is 2.38 bits per heavy atom. The minimum Gasteiger partial charge on any atom is -0.491 e. The topological polar surface area (TPSA) is 73.6 Å². The largest absolute Gasteiger partial charge is 0.491 e. The fraction of sp³-hybridized carbons (Fsp3) is 0.533. The molecule has 0 spiro atoms. The molecule has 0 bridgehead atoms. The molecule has 5 nitrogen and oxygen atoms in total. The third kappa shape index (κ3) is 7.90. The van der Waals surface area contributed by atoms with E-state index < -0.39 is 6.04 Å². The van der Waals surface area contributed by atoms with Crippen molar-refractivity contribution >= 4 is 24.0 Å². The van der Waals surface area contributed by atoms with Crippen molar-refractivity contribution in [1.29, 1.82) is 0 Å². The highest BCUT2D eigenvalue weighted by molar-refractivity contribution is 5.94. The Bertz CT molecular complexity index is 410. The minimum absolute atomic E-state index is 0. The van der Waals surface area contributed by atoms with Crippen molar-refractivity contribution in [3.8, 4) is 5.75 Å². The Kier molecular flexibility index (Phi) is 9.78. The monoisotopic (exact) mass is 316 g/mol. The summed E-state index contributed by atoms with van der Waals surface area (Å²) in [4.78, 5) is 11.9. The van der Waals surface area contributed by atoms with Crippen LogP contribution in [0.4, 0.5) is 5.69 Å². The summed E-state index contributed by atoms with van der Waals surface area (Å²) in [6, 6.07) is 6.72. The predicted octanol–water partition coefficient (Wildman–Crippen LogP) is 2.45. The lowest BCUT2D eigenvalue weighted by Crippen LogP contribution is -2.36. The van der Waals surface area contributed by atoms with Crippen LogP contribution in [-0.4, -0.2) is 32.3 Å². The van der Waals surface area contributed by atoms with E-state index in [4.69, 9.17) is 15.2 Å². The number of amides is 1. The molecule has 0 radical (unpaired) electrons. The van der Waals surface area contributed by atoms with Crippen molar-refractivity contribution < 1.29 is 14.3 Å². The number of rotatable bonds is 8. The molecular formula is C15H25ClN2O3. The molecule has 0 aliphatic carbocycles. The van der Waals surface area contributed by atoms with Crippen LogP contribution in [0.25, 0.3) is 0 Å². The van der Waals surface area contributed by atoms with Gasteiger partial charge >= 0.3 is 0 Å². The van der Waals surface area contributed by atoms with Gasteiger partial charge in [0, 0.05) is 12.8 Å². The van der Waals surface area contributed by atoms with Crippen molar-refractivity contribution in [3.63, 3.8) is 0 Å². The van der Waals surface area contributed by atoms with Crippen LogP contribution in [0, 0.1) is 5.92 Å². The number of carbonyl (C=O) groups is 1. The van der Waals surface area contributed by atoms with E-state index in [2.05, 4.69) is 5.32 Å². The molecule has 0 saturated heterocycles. The lowest BCUT2D eigenvalue weighted by Gasteiger charge is -2.14. The van der Waals surface area contributed by atoms with Gasteiger partial charge in [0.25, 0.3) is 0 Å². The summed E-state index contributed by atoms with van der Waals surface area (Å²) < 4.78 is 10.3. The lowest BCUT2D eigenvalue weighted by atomic mass is 10.0. The molecule has 0 unspecified atom stereocenters. The van der Waals surface area contributed by atoms with Crippen LogP contribution in [0.2, 0.25) is 0 Å². The summed E-state index contributed by atoms with van der Waals surface area (Å²) in [5.74, 6) is 0.977. The molecule has 1 aromatic rings. The number of hydrogen-bond acceptors (Lipinski definition) is 4. The first kappa shape index (κ1) is 19.7. The van der Waals surface area contributed by atoms with E-state index in [1.165, 1.54) is 0 Å². The maximum absolute atomic E-state index is 11.9. The van der Waals surface area contributed by atoms with Crippen molar-refractivity contribution in [2.75, 3.05) is 25.6 Å². The maximum atomic E-state index is 11.9. The first-order valence-corrected chi connectivity index (χ1v) is 6.81. The fourth-order valence-corrected chi connectivity index (χ4v) is 1.73. The molecule has 1 atom stereocenters. The van der Waals surface area contributed by atoms with Crippen LogP contribution < -0.4 is 15.8 Å². The van der Waals surface area contributed by atoms with Gasteiger partial charge in [0.2, 0.25) is 5.91 Å². The number of nitrogens with two attached hydrogens (primary N) is 1. The SMILES string of the molecule is COCCOc1ccc(NC(=O)[C@@H](N)CC(C)C)cc1.Cl. The summed E-state index contributed by atoms with van der Waals surface area (Å²) in [5, 5.41) is 2.80. The van der Waals surface area contributed by atoms with E-state index in [0.717, 1.165) is 5.75 Å². The van der Waals surface area contributed by atoms with Crippen molar-refractivity contribution in [1.82, 2.24) is 0 Å². The zero-order chi connectivity index (χ0) is 15.0. The van der Waals surface area contributed by atoms with E-state index in [-0.39, 0.29) is 18.3 Å². The Morgan fingerprint density at radius 2 is 1.86 bits per heavy atom. The Balaban J connectivity index is 0.00000400. The van der Waals surface area contributed by atoms with Crippen molar-refractivity contribution in [2.45, 2.75) is 26.3 Å². The molecule has 0 aliphatic rings. The standard InChI is InChI=1S/C15H24N2O3.ClH/c1-11(2)10-14(16)15(18)17-12-4-6-13(7-5-12)20-9-8-19-3;/h4-7,11,14H,8-10,16H2,1-3H3,(H,17,18);1H/t14-;/m0./s1.